The van der Waals surface area contributed by atoms with Crippen LogP contribution in [0.2, 0.25) is 0 Å². The fraction of sp³-hybridized carbons (Fsp3) is 0.333. The summed E-state index contributed by atoms with van der Waals surface area (Å²) in [7, 11) is 1.35. The van der Waals surface area contributed by atoms with E-state index in [9.17, 15) is 4.79 Å². The molecular weight excluding hydrogens is 234 g/mol. The van der Waals surface area contributed by atoms with Gasteiger partial charge in [-0.1, -0.05) is 0 Å². The van der Waals surface area contributed by atoms with Crippen LogP contribution in [0.5, 0.6) is 0 Å². The monoisotopic (exact) mass is 249 g/mol. The summed E-state index contributed by atoms with van der Waals surface area (Å²) in [4.78, 5) is 15.2. The van der Waals surface area contributed by atoms with Crippen molar-refractivity contribution in [3.63, 3.8) is 0 Å². The average molecular weight is 249 g/mol. The number of nitrogens with one attached hydrogen (secondary N) is 1. The number of carbonyl (C=O) groups excluding carboxylic acids is 1. The van der Waals surface area contributed by atoms with Crippen LogP contribution in [0.25, 0.3) is 0 Å². The molecule has 0 aromatic carbocycles. The summed E-state index contributed by atoms with van der Waals surface area (Å²) < 4.78 is 11.8. The maximum atomic E-state index is 11.2. The third kappa shape index (κ3) is 3.21. The van der Waals surface area contributed by atoms with Gasteiger partial charge >= 0.3 is 5.97 Å². The predicted molar refractivity (Wildman–Crippen MR) is 64.0 cm³/mol. The van der Waals surface area contributed by atoms with Gasteiger partial charge in [-0.05, 0) is 6.07 Å². The lowest BCUT2D eigenvalue weighted by atomic mass is 10.3. The second kappa shape index (κ2) is 6.02. The maximum absolute atomic E-state index is 11.2. The van der Waals surface area contributed by atoms with Crippen LogP contribution in [0, 0.1) is 0 Å². The van der Waals surface area contributed by atoms with Crippen molar-refractivity contribution in [3.8, 4) is 0 Å². The summed E-state index contributed by atoms with van der Waals surface area (Å²) >= 11 is 0. The maximum Gasteiger partial charge on any atom is 0.341 e. The summed E-state index contributed by atoms with van der Waals surface area (Å²) in [5.74, 6) is 0.324. The molecule has 0 saturated carbocycles. The van der Waals surface area contributed by atoms with Gasteiger partial charge in [0.15, 0.2) is 0 Å². The average Bonchev–Trinajstić information content (AvgIpc) is 3.05. The largest absolute Gasteiger partial charge is 0.467 e. The van der Waals surface area contributed by atoms with Gasteiger partial charge in [0.25, 0.3) is 0 Å². The fourth-order valence-corrected chi connectivity index (χ4v) is 1.54. The molecule has 6 heteroatoms. The Morgan fingerprint density at radius 3 is 3.22 bits per heavy atom. The quantitative estimate of drug-likeness (QED) is 0.612. The van der Waals surface area contributed by atoms with Crippen molar-refractivity contribution >= 4 is 5.97 Å². The molecule has 2 heterocycles. The summed E-state index contributed by atoms with van der Waals surface area (Å²) in [6, 6.07) is 1.68. The van der Waals surface area contributed by atoms with Crippen molar-refractivity contribution in [2.75, 3.05) is 13.7 Å². The molecular formula is C12H15N3O3. The number of nitrogens with zero attached hydrogens (tertiary/aromatic N) is 2. The van der Waals surface area contributed by atoms with Gasteiger partial charge < -0.3 is 19.0 Å². The van der Waals surface area contributed by atoms with Gasteiger partial charge in [0, 0.05) is 25.5 Å². The zero-order chi connectivity index (χ0) is 12.8. The third-order valence-corrected chi connectivity index (χ3v) is 2.48. The first-order chi connectivity index (χ1) is 8.79. The molecule has 0 atom stereocenters. The molecule has 0 aliphatic rings. The van der Waals surface area contributed by atoms with E-state index in [2.05, 4.69) is 15.0 Å². The second-order valence-corrected chi connectivity index (χ2v) is 3.77. The van der Waals surface area contributed by atoms with Crippen molar-refractivity contribution in [1.82, 2.24) is 14.9 Å². The molecule has 6 nitrogen and oxygen atoms in total. The SMILES string of the molecule is COC(=O)c1coc(CNCCn2ccnc2)c1. The van der Waals surface area contributed by atoms with E-state index in [-0.39, 0.29) is 5.97 Å². The van der Waals surface area contributed by atoms with Crippen LogP contribution in [0.1, 0.15) is 16.1 Å². The van der Waals surface area contributed by atoms with Crippen molar-refractivity contribution < 1.29 is 13.9 Å². The molecule has 18 heavy (non-hydrogen) atoms. The first-order valence-corrected chi connectivity index (χ1v) is 5.62. The van der Waals surface area contributed by atoms with Gasteiger partial charge in [0.2, 0.25) is 0 Å². The molecule has 1 N–H and O–H groups in total. The van der Waals surface area contributed by atoms with E-state index in [1.807, 2.05) is 10.8 Å². The number of carbonyl (C=O) groups is 1. The third-order valence-electron chi connectivity index (χ3n) is 2.48. The highest BCUT2D eigenvalue weighted by Crippen LogP contribution is 2.08. The van der Waals surface area contributed by atoms with Crippen LogP contribution < -0.4 is 5.32 Å². The van der Waals surface area contributed by atoms with E-state index in [1.165, 1.54) is 13.4 Å². The van der Waals surface area contributed by atoms with Crippen LogP contribution in [0.4, 0.5) is 0 Å². The smallest absolute Gasteiger partial charge is 0.341 e. The molecule has 0 fully saturated rings. The number of ether oxygens (including phenoxy) is 1. The number of esters is 1. The molecule has 0 aliphatic heterocycles. The molecule has 2 aromatic rings. The Kier molecular flexibility index (Phi) is 4.14. The molecule has 0 amide bonds. The van der Waals surface area contributed by atoms with Crippen molar-refractivity contribution in [2.24, 2.45) is 0 Å². The van der Waals surface area contributed by atoms with Crippen molar-refractivity contribution in [1.29, 1.82) is 0 Å². The Labute approximate surface area is 105 Å². The minimum absolute atomic E-state index is 0.386. The second-order valence-electron chi connectivity index (χ2n) is 3.77. The molecule has 0 bridgehead atoms. The summed E-state index contributed by atoms with van der Waals surface area (Å²) in [5.41, 5.74) is 0.434. The van der Waals surface area contributed by atoms with Crippen LogP contribution >= 0.6 is 0 Å². The molecule has 96 valence electrons. The highest BCUT2D eigenvalue weighted by atomic mass is 16.5. The summed E-state index contributed by atoms with van der Waals surface area (Å²) in [6.45, 7) is 2.21. The first kappa shape index (κ1) is 12.4. The van der Waals surface area contributed by atoms with E-state index in [0.29, 0.717) is 17.9 Å². The van der Waals surface area contributed by atoms with E-state index in [1.54, 1.807) is 18.6 Å². The predicted octanol–water partition coefficient (Wildman–Crippen LogP) is 1.05. The normalized spacial score (nSPS) is 10.5. The molecule has 2 aromatic heterocycles. The standard InChI is InChI=1S/C12H15N3O3/c1-17-12(16)10-6-11(18-8-10)7-13-2-4-15-5-3-14-9-15/h3,5-6,8-9,13H,2,4,7H2,1H3. The number of methoxy groups -OCH3 is 1. The van der Waals surface area contributed by atoms with Crippen molar-refractivity contribution in [2.45, 2.75) is 13.1 Å². The summed E-state index contributed by atoms with van der Waals surface area (Å²) in [5, 5.41) is 3.22. The lowest BCUT2D eigenvalue weighted by Crippen LogP contribution is -2.18. The first-order valence-electron chi connectivity index (χ1n) is 5.62. The lowest BCUT2D eigenvalue weighted by Gasteiger charge is -2.03. The van der Waals surface area contributed by atoms with Crippen LogP contribution in [0.15, 0.2) is 35.5 Å². The van der Waals surface area contributed by atoms with E-state index < -0.39 is 0 Å². The van der Waals surface area contributed by atoms with Crippen LogP contribution in [-0.4, -0.2) is 29.2 Å². The molecule has 0 unspecified atom stereocenters. The Balaban J connectivity index is 1.73. The fourth-order valence-electron chi connectivity index (χ4n) is 1.54. The van der Waals surface area contributed by atoms with Gasteiger partial charge in [0.1, 0.15) is 12.0 Å². The van der Waals surface area contributed by atoms with Gasteiger partial charge in [0.05, 0.1) is 25.5 Å². The van der Waals surface area contributed by atoms with Gasteiger partial charge in [-0.25, -0.2) is 9.78 Å². The van der Waals surface area contributed by atoms with Crippen molar-refractivity contribution in [3.05, 3.63) is 42.4 Å². The summed E-state index contributed by atoms with van der Waals surface area (Å²) in [6.07, 6.45) is 6.82. The minimum Gasteiger partial charge on any atom is -0.467 e. The van der Waals surface area contributed by atoms with Gasteiger partial charge in [-0.3, -0.25) is 0 Å². The van der Waals surface area contributed by atoms with E-state index >= 15 is 0 Å². The van der Waals surface area contributed by atoms with Gasteiger partial charge in [-0.2, -0.15) is 0 Å². The highest BCUT2D eigenvalue weighted by Gasteiger charge is 2.09. The molecule has 0 spiro atoms. The number of hydrogen-bond acceptors (Lipinski definition) is 5. The Morgan fingerprint density at radius 2 is 2.50 bits per heavy atom. The Bertz CT molecular complexity index is 490. The molecule has 0 aliphatic carbocycles. The number of imidazole rings is 1. The Morgan fingerprint density at radius 1 is 1.61 bits per heavy atom. The molecule has 2 rings (SSSR count). The number of hydrogen-bond donors (Lipinski definition) is 1. The minimum atomic E-state index is -0.386. The van der Waals surface area contributed by atoms with E-state index in [0.717, 1.165) is 13.1 Å². The molecule has 0 saturated heterocycles. The highest BCUT2D eigenvalue weighted by molar-refractivity contribution is 5.88. The van der Waals surface area contributed by atoms with Crippen LogP contribution in [-0.2, 0) is 17.8 Å². The zero-order valence-corrected chi connectivity index (χ0v) is 10.1. The number of furan rings is 1. The van der Waals surface area contributed by atoms with E-state index in [4.69, 9.17) is 4.42 Å². The zero-order valence-electron chi connectivity index (χ0n) is 10.1. The lowest BCUT2D eigenvalue weighted by molar-refractivity contribution is 0.0600. The topological polar surface area (TPSA) is 69.3 Å². The van der Waals surface area contributed by atoms with Gasteiger partial charge in [-0.15, -0.1) is 0 Å². The number of rotatable bonds is 6. The molecule has 0 radical (unpaired) electrons. The Hall–Kier alpha value is -2.08. The van der Waals surface area contributed by atoms with Crippen LogP contribution in [0.3, 0.4) is 0 Å². The number of aromatic nitrogens is 2.